The summed E-state index contributed by atoms with van der Waals surface area (Å²) in [5.74, 6) is 0.539. The van der Waals surface area contributed by atoms with E-state index in [-0.39, 0.29) is 5.78 Å². The summed E-state index contributed by atoms with van der Waals surface area (Å²) in [6, 6.07) is 13.8. The second-order valence-electron chi connectivity index (χ2n) is 4.01. The lowest BCUT2D eigenvalue weighted by molar-refractivity contribution is 0.0987. The van der Waals surface area contributed by atoms with Crippen LogP contribution >= 0.6 is 23.2 Å². The fourth-order valence-corrected chi connectivity index (χ4v) is 2.18. The van der Waals surface area contributed by atoms with Gasteiger partial charge in [0.1, 0.15) is 11.1 Å². The van der Waals surface area contributed by atoms with Crippen molar-refractivity contribution >= 4 is 29.0 Å². The number of methoxy groups -OCH3 is 1. The van der Waals surface area contributed by atoms with E-state index < -0.39 is 5.38 Å². The Morgan fingerprint density at radius 3 is 2.42 bits per heavy atom. The molecule has 1 atom stereocenters. The predicted octanol–water partition coefficient (Wildman–Crippen LogP) is 4.51. The molecule has 0 aliphatic heterocycles. The number of hydrogen-bond donors (Lipinski definition) is 0. The summed E-state index contributed by atoms with van der Waals surface area (Å²) >= 11 is 12.1. The molecule has 0 heterocycles. The molecule has 2 aromatic carbocycles. The van der Waals surface area contributed by atoms with Crippen LogP contribution in [0.25, 0.3) is 0 Å². The van der Waals surface area contributed by atoms with Gasteiger partial charge in [-0.3, -0.25) is 4.79 Å². The van der Waals surface area contributed by atoms with Gasteiger partial charge < -0.3 is 4.74 Å². The van der Waals surface area contributed by atoms with Crippen LogP contribution in [-0.2, 0) is 0 Å². The molecule has 1 unspecified atom stereocenters. The number of alkyl halides is 1. The second kappa shape index (κ2) is 6.09. The number of ketones is 1. The second-order valence-corrected chi connectivity index (χ2v) is 4.88. The summed E-state index contributed by atoms with van der Waals surface area (Å²) in [7, 11) is 1.58. The third-order valence-electron chi connectivity index (χ3n) is 2.75. The molecule has 0 bridgehead atoms. The maximum Gasteiger partial charge on any atom is 0.185 e. The Labute approximate surface area is 121 Å². The van der Waals surface area contributed by atoms with Crippen LogP contribution in [0.3, 0.4) is 0 Å². The van der Waals surface area contributed by atoms with E-state index in [1.54, 1.807) is 55.6 Å². The maximum absolute atomic E-state index is 12.2. The first kappa shape index (κ1) is 13.9. The van der Waals surface area contributed by atoms with Crippen LogP contribution in [0.1, 0.15) is 21.3 Å². The average molecular weight is 295 g/mol. The molecule has 0 saturated carbocycles. The van der Waals surface area contributed by atoms with Crippen molar-refractivity contribution < 1.29 is 9.53 Å². The van der Waals surface area contributed by atoms with Gasteiger partial charge in [0.2, 0.25) is 0 Å². The summed E-state index contributed by atoms with van der Waals surface area (Å²) in [6.07, 6.45) is 0. The van der Waals surface area contributed by atoms with Crippen LogP contribution in [0.15, 0.2) is 48.5 Å². The van der Waals surface area contributed by atoms with E-state index in [2.05, 4.69) is 0 Å². The van der Waals surface area contributed by atoms with Crippen LogP contribution in [0, 0.1) is 0 Å². The zero-order valence-corrected chi connectivity index (χ0v) is 11.8. The smallest absolute Gasteiger partial charge is 0.185 e. The summed E-state index contributed by atoms with van der Waals surface area (Å²) in [5.41, 5.74) is 1.23. The standard InChI is InChI=1S/C15H12Cl2O2/c1-19-13-7-5-10(6-8-13)15(18)14(17)11-3-2-4-12(16)9-11/h2-9,14H,1H3. The summed E-state index contributed by atoms with van der Waals surface area (Å²) < 4.78 is 5.05. The molecule has 0 aliphatic carbocycles. The highest BCUT2D eigenvalue weighted by Gasteiger charge is 2.19. The summed E-state index contributed by atoms with van der Waals surface area (Å²) in [6.45, 7) is 0. The first-order valence-corrected chi connectivity index (χ1v) is 6.51. The normalized spacial score (nSPS) is 11.9. The van der Waals surface area contributed by atoms with Crippen LogP contribution in [-0.4, -0.2) is 12.9 Å². The van der Waals surface area contributed by atoms with Gasteiger partial charge in [0.15, 0.2) is 5.78 Å². The third-order valence-corrected chi connectivity index (χ3v) is 3.43. The fourth-order valence-electron chi connectivity index (χ4n) is 1.72. The molecular formula is C15H12Cl2O2. The van der Waals surface area contributed by atoms with Crippen LogP contribution in [0.5, 0.6) is 5.75 Å². The van der Waals surface area contributed by atoms with Crippen molar-refractivity contribution in [2.75, 3.05) is 7.11 Å². The Bertz CT molecular complexity index is 579. The average Bonchev–Trinajstić information content (AvgIpc) is 2.46. The van der Waals surface area contributed by atoms with Gasteiger partial charge in [0.25, 0.3) is 0 Å². The number of benzene rings is 2. The Hall–Kier alpha value is -1.51. The lowest BCUT2D eigenvalue weighted by Crippen LogP contribution is -2.07. The number of carbonyl (C=O) groups is 1. The lowest BCUT2D eigenvalue weighted by atomic mass is 10.0. The molecule has 2 aromatic rings. The van der Waals surface area contributed by atoms with Crippen molar-refractivity contribution in [3.8, 4) is 5.75 Å². The van der Waals surface area contributed by atoms with Crippen molar-refractivity contribution in [3.63, 3.8) is 0 Å². The highest BCUT2D eigenvalue weighted by Crippen LogP contribution is 2.27. The number of ether oxygens (including phenoxy) is 1. The molecule has 4 heteroatoms. The molecule has 0 spiro atoms. The van der Waals surface area contributed by atoms with Crippen molar-refractivity contribution in [3.05, 3.63) is 64.7 Å². The van der Waals surface area contributed by atoms with E-state index in [0.29, 0.717) is 21.9 Å². The Balaban J connectivity index is 2.23. The number of halogens is 2. The lowest BCUT2D eigenvalue weighted by Gasteiger charge is -2.10. The molecule has 0 aromatic heterocycles. The minimum absolute atomic E-state index is 0.161. The minimum Gasteiger partial charge on any atom is -0.497 e. The first-order valence-electron chi connectivity index (χ1n) is 5.69. The zero-order valence-electron chi connectivity index (χ0n) is 10.3. The van der Waals surface area contributed by atoms with Crippen molar-refractivity contribution in [1.29, 1.82) is 0 Å². The number of Topliss-reactive ketones (excluding diaryl/α,β-unsaturated/α-hetero) is 1. The number of rotatable bonds is 4. The predicted molar refractivity (Wildman–Crippen MR) is 77.4 cm³/mol. The van der Waals surface area contributed by atoms with Crippen LogP contribution in [0.2, 0.25) is 5.02 Å². The molecule has 0 amide bonds. The molecule has 0 fully saturated rings. The molecular weight excluding hydrogens is 283 g/mol. The SMILES string of the molecule is COc1ccc(C(=O)C(Cl)c2cccc(Cl)c2)cc1. The van der Waals surface area contributed by atoms with E-state index in [9.17, 15) is 4.79 Å². The van der Waals surface area contributed by atoms with Gasteiger partial charge in [0, 0.05) is 10.6 Å². The quantitative estimate of drug-likeness (QED) is 0.612. The monoisotopic (exact) mass is 294 g/mol. The Morgan fingerprint density at radius 2 is 1.84 bits per heavy atom. The zero-order chi connectivity index (χ0) is 13.8. The fraction of sp³-hybridized carbons (Fsp3) is 0.133. The third kappa shape index (κ3) is 3.28. The highest BCUT2D eigenvalue weighted by atomic mass is 35.5. The molecule has 2 rings (SSSR count). The highest BCUT2D eigenvalue weighted by molar-refractivity contribution is 6.34. The molecule has 19 heavy (non-hydrogen) atoms. The molecule has 0 radical (unpaired) electrons. The van der Waals surface area contributed by atoms with Gasteiger partial charge in [-0.25, -0.2) is 0 Å². The Morgan fingerprint density at radius 1 is 1.16 bits per heavy atom. The van der Waals surface area contributed by atoms with E-state index in [1.807, 2.05) is 0 Å². The summed E-state index contributed by atoms with van der Waals surface area (Å²) in [4.78, 5) is 12.2. The van der Waals surface area contributed by atoms with Crippen molar-refractivity contribution in [2.45, 2.75) is 5.38 Å². The van der Waals surface area contributed by atoms with Gasteiger partial charge in [-0.2, -0.15) is 0 Å². The van der Waals surface area contributed by atoms with Gasteiger partial charge in [-0.05, 0) is 42.0 Å². The van der Waals surface area contributed by atoms with E-state index in [4.69, 9.17) is 27.9 Å². The van der Waals surface area contributed by atoms with E-state index in [1.165, 1.54) is 0 Å². The molecule has 2 nitrogen and oxygen atoms in total. The number of carbonyl (C=O) groups excluding carboxylic acids is 1. The van der Waals surface area contributed by atoms with E-state index >= 15 is 0 Å². The minimum atomic E-state index is -0.743. The van der Waals surface area contributed by atoms with Gasteiger partial charge in [0.05, 0.1) is 7.11 Å². The van der Waals surface area contributed by atoms with Gasteiger partial charge >= 0.3 is 0 Å². The van der Waals surface area contributed by atoms with Crippen LogP contribution in [0.4, 0.5) is 0 Å². The molecule has 0 aliphatic rings. The van der Waals surface area contributed by atoms with Gasteiger partial charge in [-0.1, -0.05) is 23.7 Å². The van der Waals surface area contributed by atoms with Crippen LogP contribution < -0.4 is 4.74 Å². The summed E-state index contributed by atoms with van der Waals surface area (Å²) in [5, 5.41) is -0.183. The first-order chi connectivity index (χ1) is 9.11. The van der Waals surface area contributed by atoms with Gasteiger partial charge in [-0.15, -0.1) is 11.6 Å². The maximum atomic E-state index is 12.2. The van der Waals surface area contributed by atoms with Crippen molar-refractivity contribution in [2.24, 2.45) is 0 Å². The molecule has 0 N–H and O–H groups in total. The topological polar surface area (TPSA) is 26.3 Å². The Kier molecular flexibility index (Phi) is 4.46. The molecule has 98 valence electrons. The largest absolute Gasteiger partial charge is 0.497 e. The number of hydrogen-bond acceptors (Lipinski definition) is 2. The van der Waals surface area contributed by atoms with E-state index in [0.717, 1.165) is 0 Å². The molecule has 0 saturated heterocycles. The van der Waals surface area contributed by atoms with Crippen molar-refractivity contribution in [1.82, 2.24) is 0 Å².